The zero-order valence-electron chi connectivity index (χ0n) is 20.9. The van der Waals surface area contributed by atoms with Gasteiger partial charge in [-0.1, -0.05) is 19.9 Å². The first-order valence-electron chi connectivity index (χ1n) is 11.6. The summed E-state index contributed by atoms with van der Waals surface area (Å²) in [6.45, 7) is 6.07. The van der Waals surface area contributed by atoms with E-state index in [1.807, 2.05) is 18.2 Å². The van der Waals surface area contributed by atoms with Gasteiger partial charge in [0.1, 0.15) is 11.6 Å². The predicted octanol–water partition coefficient (Wildman–Crippen LogP) is 6.65. The molecule has 2 aromatic carbocycles. The lowest BCUT2D eigenvalue weighted by Crippen LogP contribution is -2.13. The number of methoxy groups -OCH3 is 1. The summed E-state index contributed by atoms with van der Waals surface area (Å²) < 4.78 is 40.4. The van der Waals surface area contributed by atoms with E-state index >= 15 is 0 Å². The summed E-state index contributed by atoms with van der Waals surface area (Å²) in [7, 11) is 1.54. The summed E-state index contributed by atoms with van der Waals surface area (Å²) >= 11 is 1.14. The second-order valence-corrected chi connectivity index (χ2v) is 9.56. The molecule has 10 heteroatoms. The quantitative estimate of drug-likeness (QED) is 0.213. The number of nitrogens with one attached hydrogen (secondary N) is 1. The fraction of sp³-hybridized carbons (Fsp3) is 0.296. The van der Waals surface area contributed by atoms with Crippen molar-refractivity contribution in [2.24, 2.45) is 5.92 Å². The van der Waals surface area contributed by atoms with Crippen LogP contribution in [0.25, 0.3) is 17.3 Å². The first kappa shape index (κ1) is 27.8. The molecule has 0 fully saturated rings. The topological polar surface area (TPSA) is 97.8 Å². The number of hydrogen-bond acceptors (Lipinski definition) is 6. The number of hydrogen-bond donors (Lipinski definition) is 2. The van der Waals surface area contributed by atoms with Gasteiger partial charge < -0.3 is 14.6 Å². The van der Waals surface area contributed by atoms with Gasteiger partial charge in [0, 0.05) is 27.6 Å². The lowest BCUT2D eigenvalue weighted by Gasteiger charge is -2.14. The Morgan fingerprint density at radius 3 is 2.54 bits per heavy atom. The van der Waals surface area contributed by atoms with Crippen molar-refractivity contribution in [3.63, 3.8) is 0 Å². The van der Waals surface area contributed by atoms with E-state index in [-0.39, 0.29) is 16.3 Å². The second-order valence-electron chi connectivity index (χ2n) is 8.70. The molecule has 0 radical (unpaired) electrons. The Morgan fingerprint density at radius 1 is 1.22 bits per heavy atom. The Kier molecular flexibility index (Phi) is 9.35. The summed E-state index contributed by atoms with van der Waals surface area (Å²) in [5.41, 5.74) is 0.151. The van der Waals surface area contributed by atoms with Gasteiger partial charge in [0.25, 0.3) is 5.91 Å². The number of ether oxygens (including phenoxy) is 2. The highest BCUT2D eigenvalue weighted by molar-refractivity contribution is 7.14. The molecule has 2 N–H and O–H groups in total. The number of benzene rings is 2. The summed E-state index contributed by atoms with van der Waals surface area (Å²) in [6, 6.07) is 7.14. The first-order chi connectivity index (χ1) is 17.6. The summed E-state index contributed by atoms with van der Waals surface area (Å²) in [6.07, 6.45) is 2.83. The molecular formula is C27H28F2N2O5S. The van der Waals surface area contributed by atoms with Crippen LogP contribution in [-0.4, -0.2) is 35.7 Å². The van der Waals surface area contributed by atoms with E-state index in [2.05, 4.69) is 24.1 Å². The fourth-order valence-corrected chi connectivity index (χ4v) is 4.18. The van der Waals surface area contributed by atoms with Crippen LogP contribution in [0.4, 0.5) is 13.9 Å². The maximum Gasteiger partial charge on any atom is 0.331 e. The lowest BCUT2D eigenvalue weighted by atomic mass is 10.1. The third-order valence-electron chi connectivity index (χ3n) is 5.41. The van der Waals surface area contributed by atoms with E-state index in [1.54, 1.807) is 5.38 Å². The molecule has 0 atom stereocenters. The zero-order valence-corrected chi connectivity index (χ0v) is 21.7. The Balaban J connectivity index is 1.77. The van der Waals surface area contributed by atoms with Gasteiger partial charge in [-0.3, -0.25) is 10.1 Å². The normalized spacial score (nSPS) is 11.5. The van der Waals surface area contributed by atoms with Crippen molar-refractivity contribution in [3.05, 3.63) is 64.0 Å². The Morgan fingerprint density at radius 2 is 1.92 bits per heavy atom. The highest BCUT2D eigenvalue weighted by Gasteiger charge is 2.18. The highest BCUT2D eigenvalue weighted by atomic mass is 32.1. The van der Waals surface area contributed by atoms with Crippen LogP contribution in [0, 0.1) is 17.6 Å². The average molecular weight is 531 g/mol. The maximum atomic E-state index is 14.4. The molecule has 0 spiro atoms. The number of para-hydroxylation sites is 1. The molecular weight excluding hydrogens is 502 g/mol. The molecule has 0 saturated heterocycles. The maximum absolute atomic E-state index is 14.4. The van der Waals surface area contributed by atoms with Gasteiger partial charge in [-0.05, 0) is 56.0 Å². The second kappa shape index (κ2) is 12.4. The van der Waals surface area contributed by atoms with Crippen LogP contribution in [0.15, 0.2) is 41.3 Å². The van der Waals surface area contributed by atoms with E-state index in [0.717, 1.165) is 42.4 Å². The molecule has 3 aromatic rings. The van der Waals surface area contributed by atoms with Crippen molar-refractivity contribution in [1.82, 2.24) is 4.98 Å². The van der Waals surface area contributed by atoms with Gasteiger partial charge in [-0.2, -0.15) is 0 Å². The van der Waals surface area contributed by atoms with Crippen LogP contribution >= 0.6 is 11.3 Å². The standard InChI is InChI=1S/C27H28F2N2O5S/c1-15(2)7-6-10-36-23-9-5-8-18(24(23)35-4)22-14-37-27(30-22)31-25(32)17-12-20(28)19(21(29)13-17)11-16(3)26(33)34/h5,8-9,11-15H,6-7,10H2,1-4H3,(H,33,34)(H,30,31,32). The van der Waals surface area contributed by atoms with E-state index in [0.29, 0.717) is 35.3 Å². The Hall–Kier alpha value is -3.79. The highest BCUT2D eigenvalue weighted by Crippen LogP contribution is 2.39. The van der Waals surface area contributed by atoms with Gasteiger partial charge in [-0.25, -0.2) is 18.6 Å². The molecule has 196 valence electrons. The summed E-state index contributed by atoms with van der Waals surface area (Å²) in [4.78, 5) is 28.0. The molecule has 37 heavy (non-hydrogen) atoms. The third-order valence-corrected chi connectivity index (χ3v) is 6.16. The number of carboxylic acid groups (broad SMARTS) is 1. The zero-order chi connectivity index (χ0) is 27.1. The van der Waals surface area contributed by atoms with E-state index in [1.165, 1.54) is 14.0 Å². The van der Waals surface area contributed by atoms with Crippen molar-refractivity contribution in [1.29, 1.82) is 0 Å². The molecule has 0 aliphatic heterocycles. The average Bonchev–Trinajstić information content (AvgIpc) is 3.31. The largest absolute Gasteiger partial charge is 0.492 e. The lowest BCUT2D eigenvalue weighted by molar-refractivity contribution is -0.132. The van der Waals surface area contributed by atoms with Gasteiger partial charge >= 0.3 is 5.97 Å². The third kappa shape index (κ3) is 7.13. The van der Waals surface area contributed by atoms with Gasteiger partial charge in [0.05, 0.1) is 19.4 Å². The van der Waals surface area contributed by atoms with Crippen LogP contribution in [0.3, 0.4) is 0 Å². The van der Waals surface area contributed by atoms with Crippen molar-refractivity contribution in [3.8, 4) is 22.8 Å². The molecule has 3 rings (SSSR count). The molecule has 1 heterocycles. The Labute approximate surface area is 217 Å². The van der Waals surface area contributed by atoms with Gasteiger partial charge in [0.15, 0.2) is 16.6 Å². The van der Waals surface area contributed by atoms with Crippen molar-refractivity contribution in [2.45, 2.75) is 33.6 Å². The smallest absolute Gasteiger partial charge is 0.331 e. The van der Waals surface area contributed by atoms with Crippen LogP contribution in [0.5, 0.6) is 11.5 Å². The fourth-order valence-electron chi connectivity index (χ4n) is 3.47. The molecule has 7 nitrogen and oxygen atoms in total. The number of carboxylic acids is 1. The number of carbonyl (C=O) groups is 2. The minimum Gasteiger partial charge on any atom is -0.492 e. The predicted molar refractivity (Wildman–Crippen MR) is 139 cm³/mol. The van der Waals surface area contributed by atoms with E-state index in [4.69, 9.17) is 14.6 Å². The summed E-state index contributed by atoms with van der Waals surface area (Å²) in [5, 5.41) is 13.4. The van der Waals surface area contributed by atoms with Crippen LogP contribution in [0.2, 0.25) is 0 Å². The van der Waals surface area contributed by atoms with Crippen LogP contribution in [0.1, 0.15) is 49.5 Å². The monoisotopic (exact) mass is 530 g/mol. The first-order valence-corrected chi connectivity index (χ1v) is 12.5. The minimum atomic E-state index is -1.31. The van der Waals surface area contributed by atoms with E-state index < -0.39 is 29.1 Å². The number of thiazole rings is 1. The minimum absolute atomic E-state index is 0.219. The molecule has 0 aliphatic rings. The number of anilines is 1. The summed E-state index contributed by atoms with van der Waals surface area (Å²) in [5.74, 6) is -2.50. The number of amides is 1. The number of rotatable bonds is 11. The molecule has 0 unspecified atom stereocenters. The molecule has 0 bridgehead atoms. The van der Waals surface area contributed by atoms with E-state index in [9.17, 15) is 18.4 Å². The molecule has 0 saturated carbocycles. The number of aromatic nitrogens is 1. The SMILES string of the molecule is COc1c(OCCCC(C)C)cccc1-c1csc(NC(=O)c2cc(F)c(C=C(C)C(=O)O)c(F)c2)n1. The van der Waals surface area contributed by atoms with Crippen LogP contribution < -0.4 is 14.8 Å². The number of halogens is 2. The van der Waals surface area contributed by atoms with Gasteiger partial charge in [0.2, 0.25) is 0 Å². The number of nitrogens with zero attached hydrogens (tertiary/aromatic N) is 1. The molecule has 1 amide bonds. The van der Waals surface area contributed by atoms with Crippen LogP contribution in [-0.2, 0) is 4.79 Å². The molecule has 1 aromatic heterocycles. The van der Waals surface area contributed by atoms with Gasteiger partial charge in [-0.15, -0.1) is 11.3 Å². The number of aliphatic carboxylic acids is 1. The van der Waals surface area contributed by atoms with Crippen molar-refractivity contribution >= 4 is 34.4 Å². The van der Waals surface area contributed by atoms with Crippen molar-refractivity contribution < 1.29 is 33.0 Å². The number of carbonyl (C=O) groups excluding carboxylic acids is 1. The van der Waals surface area contributed by atoms with Crippen molar-refractivity contribution in [2.75, 3.05) is 19.0 Å². The molecule has 0 aliphatic carbocycles. The Bertz CT molecular complexity index is 1300.